The predicted molar refractivity (Wildman–Crippen MR) is 41.7 cm³/mol. The van der Waals surface area contributed by atoms with Gasteiger partial charge in [-0.05, 0) is 0 Å². The molecule has 72 valence electrons. The first-order chi connectivity index (χ1) is 6.22. The summed E-state index contributed by atoms with van der Waals surface area (Å²) in [6.45, 7) is 0.0876. The lowest BCUT2D eigenvalue weighted by molar-refractivity contribution is -0.180. The quantitative estimate of drug-likeness (QED) is 0.692. The lowest BCUT2D eigenvalue weighted by Gasteiger charge is -2.27. The van der Waals surface area contributed by atoms with Crippen LogP contribution in [-0.4, -0.2) is 30.1 Å². The second-order valence-electron chi connectivity index (χ2n) is 2.89. The second kappa shape index (κ2) is 4.80. The first-order valence-electron chi connectivity index (χ1n) is 4.04. The van der Waals surface area contributed by atoms with Crippen LogP contribution in [0.15, 0.2) is 0 Å². The molecule has 0 saturated carbocycles. The first kappa shape index (κ1) is 9.96. The van der Waals surface area contributed by atoms with Gasteiger partial charge in [0.2, 0.25) is 0 Å². The molecule has 0 amide bonds. The van der Waals surface area contributed by atoms with Crippen molar-refractivity contribution < 1.29 is 19.4 Å². The van der Waals surface area contributed by atoms with Gasteiger partial charge in [0.05, 0.1) is 31.1 Å². The predicted octanol–water partition coefficient (Wildman–Crippen LogP) is 0.506. The Morgan fingerprint density at radius 1 is 1.54 bits per heavy atom. The van der Waals surface area contributed by atoms with Crippen molar-refractivity contribution in [3.8, 4) is 6.07 Å². The molecule has 5 heteroatoms. The molecule has 2 atom stereocenters. The van der Waals surface area contributed by atoms with E-state index in [9.17, 15) is 4.79 Å². The van der Waals surface area contributed by atoms with Gasteiger partial charge in [0, 0.05) is 6.42 Å². The number of ether oxygens (including phenoxy) is 2. The maximum absolute atomic E-state index is 10.3. The summed E-state index contributed by atoms with van der Waals surface area (Å²) in [4.78, 5) is 10.3. The zero-order chi connectivity index (χ0) is 9.68. The Morgan fingerprint density at radius 3 is 2.85 bits per heavy atom. The highest BCUT2D eigenvalue weighted by Crippen LogP contribution is 2.17. The molecule has 1 heterocycles. The van der Waals surface area contributed by atoms with E-state index >= 15 is 0 Å². The minimum atomic E-state index is -0.886. The molecular formula is C8H11NO4. The van der Waals surface area contributed by atoms with E-state index in [2.05, 4.69) is 0 Å². The van der Waals surface area contributed by atoms with Crippen LogP contribution >= 0.6 is 0 Å². The van der Waals surface area contributed by atoms with Gasteiger partial charge in [0.15, 0.2) is 0 Å². The second-order valence-corrected chi connectivity index (χ2v) is 2.89. The van der Waals surface area contributed by atoms with Crippen LogP contribution in [0.2, 0.25) is 0 Å². The molecule has 1 aliphatic heterocycles. The Labute approximate surface area is 75.9 Å². The van der Waals surface area contributed by atoms with E-state index in [4.69, 9.17) is 19.8 Å². The van der Waals surface area contributed by atoms with Gasteiger partial charge < -0.3 is 14.6 Å². The zero-order valence-corrected chi connectivity index (χ0v) is 7.10. The normalized spacial score (nSPS) is 27.9. The fourth-order valence-electron chi connectivity index (χ4n) is 1.24. The highest BCUT2D eigenvalue weighted by molar-refractivity contribution is 5.67. The molecule has 1 rings (SSSR count). The molecule has 0 aromatic carbocycles. The van der Waals surface area contributed by atoms with Gasteiger partial charge in [-0.25, -0.2) is 0 Å². The first-order valence-corrected chi connectivity index (χ1v) is 4.04. The van der Waals surface area contributed by atoms with E-state index in [1.165, 1.54) is 0 Å². The molecule has 1 N–H and O–H groups in total. The van der Waals surface area contributed by atoms with Gasteiger partial charge in [0.25, 0.3) is 0 Å². The lowest BCUT2D eigenvalue weighted by atomic mass is 10.1. The van der Waals surface area contributed by atoms with Crippen LogP contribution in [0.5, 0.6) is 0 Å². The van der Waals surface area contributed by atoms with Crippen molar-refractivity contribution in [2.24, 2.45) is 0 Å². The molecule has 5 nitrogen and oxygen atoms in total. The van der Waals surface area contributed by atoms with E-state index in [-0.39, 0.29) is 25.4 Å². The highest BCUT2D eigenvalue weighted by atomic mass is 16.7. The monoisotopic (exact) mass is 185 g/mol. The van der Waals surface area contributed by atoms with E-state index in [0.717, 1.165) is 0 Å². The standard InChI is InChI=1S/C8H11NO4/c9-2-1-6-3-7(4-8(10)11)13-5-12-6/h6-7H,1,3-5H2,(H,10,11)/t6-,7+/m0/s1. The number of rotatable bonds is 3. The van der Waals surface area contributed by atoms with Crippen molar-refractivity contribution in [2.75, 3.05) is 6.79 Å². The van der Waals surface area contributed by atoms with Gasteiger partial charge in [0.1, 0.15) is 6.79 Å². The largest absolute Gasteiger partial charge is 0.481 e. The number of carboxylic acids is 1. The Morgan fingerprint density at radius 2 is 2.23 bits per heavy atom. The van der Waals surface area contributed by atoms with Gasteiger partial charge in [-0.3, -0.25) is 4.79 Å². The fourth-order valence-corrected chi connectivity index (χ4v) is 1.24. The summed E-state index contributed by atoms with van der Waals surface area (Å²) in [7, 11) is 0. The summed E-state index contributed by atoms with van der Waals surface area (Å²) in [6, 6.07) is 1.98. The molecule has 0 spiro atoms. The van der Waals surface area contributed by atoms with Crippen LogP contribution in [0.3, 0.4) is 0 Å². The van der Waals surface area contributed by atoms with Crippen LogP contribution in [0.1, 0.15) is 19.3 Å². The lowest BCUT2D eigenvalue weighted by Crippen LogP contribution is -2.32. The summed E-state index contributed by atoms with van der Waals surface area (Å²) in [5.41, 5.74) is 0. The van der Waals surface area contributed by atoms with Crippen LogP contribution in [0, 0.1) is 11.3 Å². The van der Waals surface area contributed by atoms with Crippen molar-refractivity contribution in [3.63, 3.8) is 0 Å². The number of nitrogens with zero attached hydrogens (tertiary/aromatic N) is 1. The van der Waals surface area contributed by atoms with Crippen molar-refractivity contribution in [2.45, 2.75) is 31.5 Å². The molecule has 1 fully saturated rings. The molecule has 1 aliphatic rings. The van der Waals surface area contributed by atoms with Crippen molar-refractivity contribution in [1.29, 1.82) is 5.26 Å². The van der Waals surface area contributed by atoms with Gasteiger partial charge in [-0.1, -0.05) is 0 Å². The van der Waals surface area contributed by atoms with Crippen LogP contribution < -0.4 is 0 Å². The third-order valence-corrected chi connectivity index (χ3v) is 1.85. The summed E-state index contributed by atoms with van der Waals surface area (Å²) in [6.07, 6.45) is 0.262. The zero-order valence-electron chi connectivity index (χ0n) is 7.10. The molecule has 0 aromatic heterocycles. The maximum Gasteiger partial charge on any atom is 0.305 e. The van der Waals surface area contributed by atoms with Gasteiger partial charge in [-0.15, -0.1) is 0 Å². The number of aliphatic carboxylic acids is 1. The van der Waals surface area contributed by atoms with E-state index < -0.39 is 5.97 Å². The molecule has 0 radical (unpaired) electrons. The maximum atomic E-state index is 10.3. The molecule has 0 aromatic rings. The van der Waals surface area contributed by atoms with Crippen molar-refractivity contribution in [3.05, 3.63) is 0 Å². The summed E-state index contributed by atoms with van der Waals surface area (Å²) >= 11 is 0. The SMILES string of the molecule is N#CC[C@H]1C[C@H](CC(=O)O)OCO1. The summed E-state index contributed by atoms with van der Waals surface area (Å²) in [5.74, 6) is -0.886. The van der Waals surface area contributed by atoms with E-state index in [0.29, 0.717) is 12.8 Å². The third kappa shape index (κ3) is 3.40. The fraction of sp³-hybridized carbons (Fsp3) is 0.750. The molecule has 13 heavy (non-hydrogen) atoms. The van der Waals surface area contributed by atoms with Gasteiger partial charge in [-0.2, -0.15) is 5.26 Å². The van der Waals surface area contributed by atoms with Crippen LogP contribution in [-0.2, 0) is 14.3 Å². The topological polar surface area (TPSA) is 79.6 Å². The number of hydrogen-bond donors (Lipinski definition) is 1. The third-order valence-electron chi connectivity index (χ3n) is 1.85. The Balaban J connectivity index is 2.33. The Bertz CT molecular complexity index is 223. The molecule has 1 saturated heterocycles. The van der Waals surface area contributed by atoms with Crippen LogP contribution in [0.4, 0.5) is 0 Å². The van der Waals surface area contributed by atoms with Crippen LogP contribution in [0.25, 0.3) is 0 Å². The highest BCUT2D eigenvalue weighted by Gasteiger charge is 2.24. The Hall–Kier alpha value is -1.12. The number of nitriles is 1. The smallest absolute Gasteiger partial charge is 0.305 e. The summed E-state index contributed by atoms with van der Waals surface area (Å²) < 4.78 is 10.1. The Kier molecular flexibility index (Phi) is 3.68. The number of carbonyl (C=O) groups is 1. The van der Waals surface area contributed by atoms with Crippen molar-refractivity contribution in [1.82, 2.24) is 0 Å². The minimum Gasteiger partial charge on any atom is -0.481 e. The average Bonchev–Trinajstić information content (AvgIpc) is 2.04. The molecular weight excluding hydrogens is 174 g/mol. The molecule has 0 unspecified atom stereocenters. The van der Waals surface area contributed by atoms with Gasteiger partial charge >= 0.3 is 5.97 Å². The number of carboxylic acid groups (broad SMARTS) is 1. The van der Waals surface area contributed by atoms with Crippen molar-refractivity contribution >= 4 is 5.97 Å². The minimum absolute atomic E-state index is 0.0225. The number of hydrogen-bond acceptors (Lipinski definition) is 4. The molecule has 0 bridgehead atoms. The van der Waals surface area contributed by atoms with E-state index in [1.54, 1.807) is 0 Å². The average molecular weight is 185 g/mol. The van der Waals surface area contributed by atoms with E-state index in [1.807, 2.05) is 6.07 Å². The molecule has 0 aliphatic carbocycles. The summed E-state index contributed by atoms with van der Waals surface area (Å²) in [5, 5.41) is 16.9.